The maximum absolute atomic E-state index is 12.5. The Bertz CT molecular complexity index is 567. The average molecular weight is 310 g/mol. The van der Waals surface area contributed by atoms with Crippen molar-refractivity contribution in [1.82, 2.24) is 5.32 Å². The lowest BCUT2D eigenvalue weighted by atomic mass is 9.82. The normalized spacial score (nSPS) is 17.4. The molecule has 2 N–H and O–H groups in total. The van der Waals surface area contributed by atoms with E-state index in [1.54, 1.807) is 0 Å². The van der Waals surface area contributed by atoms with Gasteiger partial charge in [-0.25, -0.2) is 4.79 Å². The third-order valence-electron chi connectivity index (χ3n) is 3.81. The SMILES string of the molecule is C#CC1(NC(=O)Nc2ccc(C(F)(F)F)cc2)CCCCC1. The minimum absolute atomic E-state index is 0.286. The molecule has 0 spiro atoms. The molecular formula is C16H17F3N2O. The molecule has 2 rings (SSSR count). The zero-order valence-electron chi connectivity index (χ0n) is 12.0. The van der Waals surface area contributed by atoms with E-state index < -0.39 is 23.3 Å². The number of alkyl halides is 3. The Morgan fingerprint density at radius 3 is 2.23 bits per heavy atom. The summed E-state index contributed by atoms with van der Waals surface area (Å²) < 4.78 is 37.4. The van der Waals surface area contributed by atoms with E-state index in [1.807, 2.05) is 0 Å². The van der Waals surface area contributed by atoms with Crippen LogP contribution >= 0.6 is 0 Å². The van der Waals surface area contributed by atoms with Gasteiger partial charge in [0.05, 0.1) is 5.56 Å². The minimum atomic E-state index is -4.39. The lowest BCUT2D eigenvalue weighted by molar-refractivity contribution is -0.137. The van der Waals surface area contributed by atoms with E-state index in [2.05, 4.69) is 16.6 Å². The van der Waals surface area contributed by atoms with Crippen LogP contribution in [0.15, 0.2) is 24.3 Å². The molecule has 1 saturated carbocycles. The molecule has 0 heterocycles. The quantitative estimate of drug-likeness (QED) is 0.791. The molecular weight excluding hydrogens is 293 g/mol. The Balaban J connectivity index is 1.98. The monoisotopic (exact) mass is 310 g/mol. The molecule has 1 aromatic carbocycles. The number of terminal acetylenes is 1. The fraction of sp³-hybridized carbons (Fsp3) is 0.438. The van der Waals surface area contributed by atoms with Crippen molar-refractivity contribution >= 4 is 11.7 Å². The second kappa shape index (κ2) is 6.30. The molecule has 1 aromatic rings. The van der Waals surface area contributed by atoms with Crippen molar-refractivity contribution in [2.75, 3.05) is 5.32 Å². The van der Waals surface area contributed by atoms with Gasteiger partial charge in [-0.15, -0.1) is 6.42 Å². The van der Waals surface area contributed by atoms with E-state index in [0.717, 1.165) is 31.4 Å². The number of halogens is 3. The van der Waals surface area contributed by atoms with Crippen molar-refractivity contribution in [3.63, 3.8) is 0 Å². The summed E-state index contributed by atoms with van der Waals surface area (Å²) in [5.41, 5.74) is -1.13. The van der Waals surface area contributed by atoms with Crippen LogP contribution in [0.4, 0.5) is 23.7 Å². The Morgan fingerprint density at radius 1 is 1.14 bits per heavy atom. The molecule has 2 amide bonds. The zero-order chi connectivity index (χ0) is 16.2. The van der Waals surface area contributed by atoms with Gasteiger partial charge < -0.3 is 10.6 Å². The Hall–Kier alpha value is -2.16. The summed E-state index contributed by atoms with van der Waals surface area (Å²) in [5.74, 6) is 2.64. The molecule has 22 heavy (non-hydrogen) atoms. The number of anilines is 1. The van der Waals surface area contributed by atoms with Gasteiger partial charge in [-0.1, -0.05) is 25.2 Å². The van der Waals surface area contributed by atoms with Gasteiger partial charge in [0.2, 0.25) is 0 Å². The number of nitrogens with one attached hydrogen (secondary N) is 2. The van der Waals surface area contributed by atoms with Crippen molar-refractivity contribution in [2.45, 2.75) is 43.8 Å². The summed E-state index contributed by atoms with van der Waals surface area (Å²) in [6.07, 6.45) is 5.55. The second-order valence-corrected chi connectivity index (χ2v) is 5.44. The van der Waals surface area contributed by atoms with Crippen molar-refractivity contribution in [2.24, 2.45) is 0 Å². The maximum atomic E-state index is 12.5. The summed E-state index contributed by atoms with van der Waals surface area (Å²) in [5, 5.41) is 5.28. The van der Waals surface area contributed by atoms with Gasteiger partial charge in [0.25, 0.3) is 0 Å². The van der Waals surface area contributed by atoms with Gasteiger partial charge in [-0.2, -0.15) is 13.2 Å². The van der Waals surface area contributed by atoms with Gasteiger partial charge in [0.15, 0.2) is 0 Å². The number of carbonyl (C=O) groups is 1. The number of hydrogen-bond donors (Lipinski definition) is 2. The third kappa shape index (κ3) is 3.94. The van der Waals surface area contributed by atoms with Crippen LogP contribution in [0, 0.1) is 12.3 Å². The molecule has 118 valence electrons. The predicted molar refractivity (Wildman–Crippen MR) is 78.2 cm³/mol. The highest BCUT2D eigenvalue weighted by Crippen LogP contribution is 2.30. The molecule has 0 saturated heterocycles. The second-order valence-electron chi connectivity index (χ2n) is 5.44. The first-order valence-electron chi connectivity index (χ1n) is 7.09. The summed E-state index contributed by atoms with van der Waals surface area (Å²) in [6, 6.07) is 3.78. The molecule has 6 heteroatoms. The molecule has 0 bridgehead atoms. The third-order valence-corrected chi connectivity index (χ3v) is 3.81. The smallest absolute Gasteiger partial charge is 0.322 e. The number of urea groups is 1. The van der Waals surface area contributed by atoms with E-state index in [-0.39, 0.29) is 5.69 Å². The summed E-state index contributed by atoms with van der Waals surface area (Å²) in [7, 11) is 0. The van der Waals surface area contributed by atoms with E-state index >= 15 is 0 Å². The van der Waals surface area contributed by atoms with Gasteiger partial charge in [0.1, 0.15) is 5.54 Å². The minimum Gasteiger partial charge on any atom is -0.322 e. The number of carbonyl (C=O) groups excluding carboxylic acids is 1. The van der Waals surface area contributed by atoms with Crippen LogP contribution in [-0.4, -0.2) is 11.6 Å². The lowest BCUT2D eigenvalue weighted by Crippen LogP contribution is -2.50. The molecule has 0 atom stereocenters. The van der Waals surface area contributed by atoms with Crippen LogP contribution in [0.1, 0.15) is 37.7 Å². The summed E-state index contributed by atoms with van der Waals surface area (Å²) >= 11 is 0. The van der Waals surface area contributed by atoms with Gasteiger partial charge in [-0.05, 0) is 37.1 Å². The largest absolute Gasteiger partial charge is 0.416 e. The van der Waals surface area contributed by atoms with Gasteiger partial charge >= 0.3 is 12.2 Å². The number of benzene rings is 1. The molecule has 0 radical (unpaired) electrons. The van der Waals surface area contributed by atoms with E-state index in [1.165, 1.54) is 12.1 Å². The molecule has 0 aliphatic heterocycles. The van der Waals surface area contributed by atoms with Crippen LogP contribution in [0.3, 0.4) is 0 Å². The Morgan fingerprint density at radius 2 is 1.73 bits per heavy atom. The van der Waals surface area contributed by atoms with Crippen LogP contribution < -0.4 is 10.6 Å². The van der Waals surface area contributed by atoms with Crippen molar-refractivity contribution in [1.29, 1.82) is 0 Å². The first-order chi connectivity index (χ1) is 10.3. The number of rotatable bonds is 2. The van der Waals surface area contributed by atoms with E-state index in [0.29, 0.717) is 12.8 Å². The Kier molecular flexibility index (Phi) is 4.65. The lowest BCUT2D eigenvalue weighted by Gasteiger charge is -2.33. The average Bonchev–Trinajstić information content (AvgIpc) is 2.47. The van der Waals surface area contributed by atoms with E-state index in [4.69, 9.17) is 6.42 Å². The molecule has 0 aromatic heterocycles. The molecule has 1 aliphatic rings. The van der Waals surface area contributed by atoms with Crippen molar-refractivity contribution < 1.29 is 18.0 Å². The topological polar surface area (TPSA) is 41.1 Å². The number of amides is 2. The molecule has 3 nitrogen and oxygen atoms in total. The van der Waals surface area contributed by atoms with E-state index in [9.17, 15) is 18.0 Å². The first kappa shape index (κ1) is 16.2. The van der Waals surface area contributed by atoms with Crippen LogP contribution in [0.5, 0.6) is 0 Å². The van der Waals surface area contributed by atoms with Crippen LogP contribution in [0.25, 0.3) is 0 Å². The van der Waals surface area contributed by atoms with Crippen molar-refractivity contribution in [3.05, 3.63) is 29.8 Å². The van der Waals surface area contributed by atoms with Crippen molar-refractivity contribution in [3.8, 4) is 12.3 Å². The highest BCUT2D eigenvalue weighted by molar-refractivity contribution is 5.90. The number of hydrogen-bond acceptors (Lipinski definition) is 1. The zero-order valence-corrected chi connectivity index (χ0v) is 12.0. The van der Waals surface area contributed by atoms with Crippen LogP contribution in [-0.2, 0) is 6.18 Å². The Labute approximate surface area is 127 Å². The van der Waals surface area contributed by atoms with Gasteiger partial charge in [0, 0.05) is 5.69 Å². The highest BCUT2D eigenvalue weighted by Gasteiger charge is 2.32. The van der Waals surface area contributed by atoms with Gasteiger partial charge in [-0.3, -0.25) is 0 Å². The first-order valence-corrected chi connectivity index (χ1v) is 7.09. The molecule has 1 aliphatic carbocycles. The summed E-state index contributed by atoms with van der Waals surface area (Å²) in [6.45, 7) is 0. The standard InChI is InChI=1S/C16H17F3N2O/c1-2-15(10-4-3-5-11-15)21-14(22)20-13-8-6-12(7-9-13)16(17,18)19/h1,6-9H,3-5,10-11H2,(H2,20,21,22). The highest BCUT2D eigenvalue weighted by atomic mass is 19.4. The van der Waals surface area contributed by atoms with Crippen LogP contribution in [0.2, 0.25) is 0 Å². The molecule has 1 fully saturated rings. The maximum Gasteiger partial charge on any atom is 0.416 e. The molecule has 0 unspecified atom stereocenters. The fourth-order valence-corrected chi connectivity index (χ4v) is 2.58. The summed E-state index contributed by atoms with van der Waals surface area (Å²) in [4.78, 5) is 12.0. The predicted octanol–water partition coefficient (Wildman–Crippen LogP) is 4.16. The fourth-order valence-electron chi connectivity index (χ4n) is 2.58.